The summed E-state index contributed by atoms with van der Waals surface area (Å²) in [5, 5.41) is 16.3. The number of rotatable bonds is 2. The van der Waals surface area contributed by atoms with Crippen LogP contribution < -0.4 is 5.32 Å². The summed E-state index contributed by atoms with van der Waals surface area (Å²) in [6.45, 7) is 0.386. The summed E-state index contributed by atoms with van der Waals surface area (Å²) in [4.78, 5) is 12.0. The van der Waals surface area contributed by atoms with E-state index >= 15 is 0 Å². The second-order valence-electron chi connectivity index (χ2n) is 3.98. The van der Waals surface area contributed by atoms with Crippen LogP contribution in [0.25, 0.3) is 0 Å². The number of para-hydroxylation sites is 1. The standard InChI is InChI=1S/C11H11N5O2/c17-11-9(5-10-13-15-16-14-10)18-6-7-3-1-2-4-8(7)12-11/h1-4,9H,5-6H2,(H,12,17)(H,13,14,15,16). The van der Waals surface area contributed by atoms with Crippen molar-refractivity contribution < 1.29 is 9.53 Å². The Bertz CT molecular complexity index is 554. The molecule has 0 spiro atoms. The number of H-pyrrole nitrogens is 1. The Labute approximate surface area is 103 Å². The van der Waals surface area contributed by atoms with Crippen LogP contribution in [0, 0.1) is 0 Å². The Hall–Kier alpha value is -2.28. The number of hydrogen-bond donors (Lipinski definition) is 2. The second kappa shape index (κ2) is 4.53. The largest absolute Gasteiger partial charge is 0.363 e. The zero-order valence-corrected chi connectivity index (χ0v) is 9.46. The molecule has 1 aliphatic rings. The van der Waals surface area contributed by atoms with Crippen molar-refractivity contribution in [2.75, 3.05) is 5.32 Å². The van der Waals surface area contributed by atoms with Crippen LogP contribution in [0.4, 0.5) is 5.69 Å². The van der Waals surface area contributed by atoms with Crippen LogP contribution in [-0.2, 0) is 22.6 Å². The van der Waals surface area contributed by atoms with E-state index in [1.807, 2.05) is 24.3 Å². The summed E-state index contributed by atoms with van der Waals surface area (Å²) in [6.07, 6.45) is -0.300. The minimum atomic E-state index is -0.602. The molecule has 18 heavy (non-hydrogen) atoms. The predicted molar refractivity (Wildman–Crippen MR) is 61.5 cm³/mol. The van der Waals surface area contributed by atoms with E-state index in [0.717, 1.165) is 11.3 Å². The Balaban J connectivity index is 1.78. The molecule has 2 aromatic rings. The summed E-state index contributed by atoms with van der Waals surface area (Å²) in [5.41, 5.74) is 1.75. The number of tetrazole rings is 1. The van der Waals surface area contributed by atoms with E-state index in [-0.39, 0.29) is 5.91 Å². The van der Waals surface area contributed by atoms with Gasteiger partial charge in [-0.1, -0.05) is 23.4 Å². The third-order valence-electron chi connectivity index (χ3n) is 2.76. The van der Waals surface area contributed by atoms with E-state index in [4.69, 9.17) is 4.74 Å². The SMILES string of the molecule is O=C1Nc2ccccc2COC1Cc1nn[nH]n1. The highest BCUT2D eigenvalue weighted by molar-refractivity contribution is 5.95. The van der Waals surface area contributed by atoms with Crippen molar-refractivity contribution in [3.05, 3.63) is 35.7 Å². The zero-order valence-electron chi connectivity index (χ0n) is 9.46. The molecule has 3 rings (SSSR count). The summed E-state index contributed by atoms with van der Waals surface area (Å²) in [6, 6.07) is 7.56. The van der Waals surface area contributed by atoms with Gasteiger partial charge < -0.3 is 10.1 Å². The van der Waals surface area contributed by atoms with Crippen molar-refractivity contribution in [3.63, 3.8) is 0 Å². The molecule has 1 aromatic heterocycles. The Morgan fingerprint density at radius 1 is 1.39 bits per heavy atom. The number of anilines is 1. The van der Waals surface area contributed by atoms with Gasteiger partial charge >= 0.3 is 0 Å². The highest BCUT2D eigenvalue weighted by atomic mass is 16.5. The van der Waals surface area contributed by atoms with Gasteiger partial charge in [0.25, 0.3) is 5.91 Å². The molecule has 1 atom stereocenters. The number of fused-ring (bicyclic) bond motifs is 1. The molecule has 1 aromatic carbocycles. The number of aromatic nitrogens is 4. The van der Waals surface area contributed by atoms with Gasteiger partial charge in [0.05, 0.1) is 6.61 Å². The normalized spacial score (nSPS) is 18.9. The van der Waals surface area contributed by atoms with Gasteiger partial charge in [-0.15, -0.1) is 10.2 Å². The van der Waals surface area contributed by atoms with Crippen LogP contribution in [0.2, 0.25) is 0 Å². The fraction of sp³-hybridized carbons (Fsp3) is 0.273. The lowest BCUT2D eigenvalue weighted by Gasteiger charge is -2.10. The van der Waals surface area contributed by atoms with Gasteiger partial charge in [-0.25, -0.2) is 0 Å². The fourth-order valence-corrected chi connectivity index (χ4v) is 1.83. The van der Waals surface area contributed by atoms with Crippen LogP contribution >= 0.6 is 0 Å². The first-order chi connectivity index (χ1) is 8.83. The summed E-state index contributed by atoms with van der Waals surface area (Å²) >= 11 is 0. The van der Waals surface area contributed by atoms with E-state index in [2.05, 4.69) is 25.9 Å². The minimum Gasteiger partial charge on any atom is -0.363 e. The number of ether oxygens (including phenoxy) is 1. The van der Waals surface area contributed by atoms with Gasteiger partial charge in [-0.3, -0.25) is 4.79 Å². The van der Waals surface area contributed by atoms with Crippen LogP contribution in [0.1, 0.15) is 11.4 Å². The first-order valence-electron chi connectivity index (χ1n) is 5.55. The van der Waals surface area contributed by atoms with E-state index in [0.29, 0.717) is 18.9 Å². The molecule has 0 bridgehead atoms. The molecule has 1 unspecified atom stereocenters. The summed E-state index contributed by atoms with van der Waals surface area (Å²) < 4.78 is 5.58. The minimum absolute atomic E-state index is 0.190. The third-order valence-corrected chi connectivity index (χ3v) is 2.76. The molecule has 1 amide bonds. The first-order valence-corrected chi connectivity index (χ1v) is 5.55. The number of benzene rings is 1. The third kappa shape index (κ3) is 2.07. The van der Waals surface area contributed by atoms with Crippen molar-refractivity contribution in [2.45, 2.75) is 19.1 Å². The number of carbonyl (C=O) groups excluding carboxylic acids is 1. The van der Waals surface area contributed by atoms with Crippen LogP contribution in [0.15, 0.2) is 24.3 Å². The molecule has 7 heteroatoms. The van der Waals surface area contributed by atoms with Crippen molar-refractivity contribution in [1.29, 1.82) is 0 Å². The Morgan fingerprint density at radius 2 is 2.28 bits per heavy atom. The molecule has 0 fully saturated rings. The van der Waals surface area contributed by atoms with E-state index in [1.165, 1.54) is 0 Å². The summed E-state index contributed by atoms with van der Waals surface area (Å²) in [7, 11) is 0. The number of nitrogens with zero attached hydrogens (tertiary/aromatic N) is 3. The molecule has 0 aliphatic carbocycles. The maximum atomic E-state index is 12.0. The average Bonchev–Trinajstić information content (AvgIpc) is 2.83. The van der Waals surface area contributed by atoms with Gasteiger partial charge in [0, 0.05) is 17.7 Å². The van der Waals surface area contributed by atoms with Gasteiger partial charge in [-0.05, 0) is 6.07 Å². The monoisotopic (exact) mass is 245 g/mol. The van der Waals surface area contributed by atoms with Crippen LogP contribution in [-0.4, -0.2) is 32.6 Å². The van der Waals surface area contributed by atoms with Crippen molar-refractivity contribution in [3.8, 4) is 0 Å². The molecule has 1 aliphatic heterocycles. The number of carbonyl (C=O) groups is 1. The van der Waals surface area contributed by atoms with Crippen LogP contribution in [0.5, 0.6) is 0 Å². The van der Waals surface area contributed by atoms with Gasteiger partial charge in [0.1, 0.15) is 6.10 Å². The number of amides is 1. The Kier molecular flexibility index (Phi) is 2.73. The van der Waals surface area contributed by atoms with Gasteiger partial charge in [-0.2, -0.15) is 5.21 Å². The maximum Gasteiger partial charge on any atom is 0.254 e. The molecule has 0 saturated heterocycles. The number of nitrogens with one attached hydrogen (secondary N) is 2. The van der Waals surface area contributed by atoms with Crippen molar-refractivity contribution in [1.82, 2.24) is 20.6 Å². The fourth-order valence-electron chi connectivity index (χ4n) is 1.83. The second-order valence-corrected chi connectivity index (χ2v) is 3.98. The molecule has 7 nitrogen and oxygen atoms in total. The highest BCUT2D eigenvalue weighted by Crippen LogP contribution is 2.21. The highest BCUT2D eigenvalue weighted by Gasteiger charge is 2.25. The molecule has 0 saturated carbocycles. The maximum absolute atomic E-state index is 12.0. The van der Waals surface area contributed by atoms with Gasteiger partial charge in [0.15, 0.2) is 5.82 Å². The lowest BCUT2D eigenvalue weighted by atomic mass is 10.2. The van der Waals surface area contributed by atoms with Crippen molar-refractivity contribution >= 4 is 11.6 Å². The van der Waals surface area contributed by atoms with E-state index < -0.39 is 6.10 Å². The van der Waals surface area contributed by atoms with Crippen LogP contribution in [0.3, 0.4) is 0 Å². The molecular weight excluding hydrogens is 234 g/mol. The zero-order chi connectivity index (χ0) is 12.4. The molecule has 92 valence electrons. The topological polar surface area (TPSA) is 92.8 Å². The average molecular weight is 245 g/mol. The Morgan fingerprint density at radius 3 is 3.11 bits per heavy atom. The lowest BCUT2D eigenvalue weighted by molar-refractivity contribution is -0.127. The lowest BCUT2D eigenvalue weighted by Crippen LogP contribution is -2.30. The van der Waals surface area contributed by atoms with Crippen molar-refractivity contribution in [2.24, 2.45) is 0 Å². The summed E-state index contributed by atoms with van der Waals surface area (Å²) in [5.74, 6) is 0.269. The number of hydrogen-bond acceptors (Lipinski definition) is 5. The molecule has 2 N–H and O–H groups in total. The molecular formula is C11H11N5O2. The molecule has 2 heterocycles. The number of aromatic amines is 1. The molecule has 0 radical (unpaired) electrons. The van der Waals surface area contributed by atoms with Gasteiger partial charge in [0.2, 0.25) is 0 Å². The van der Waals surface area contributed by atoms with E-state index in [1.54, 1.807) is 0 Å². The predicted octanol–water partition coefficient (Wildman–Crippen LogP) is 0.280. The van der Waals surface area contributed by atoms with E-state index in [9.17, 15) is 4.79 Å². The smallest absolute Gasteiger partial charge is 0.254 e. The quantitative estimate of drug-likeness (QED) is 0.792. The first kappa shape index (κ1) is 10.8.